The van der Waals surface area contributed by atoms with Crippen molar-refractivity contribution >= 4 is 11.9 Å². The van der Waals surface area contributed by atoms with E-state index in [1.807, 2.05) is 6.92 Å². The highest BCUT2D eigenvalue weighted by Crippen LogP contribution is 2.22. The molecule has 1 aliphatic rings. The number of carbonyl (C=O) groups excluding carboxylic acids is 2. The minimum atomic E-state index is -0.336. The van der Waals surface area contributed by atoms with Crippen LogP contribution >= 0.6 is 0 Å². The molecule has 0 aromatic rings. The molecule has 0 aromatic carbocycles. The fraction of sp³-hybridized carbons (Fsp3) is 0.846. The molecule has 1 saturated heterocycles. The quantitative estimate of drug-likeness (QED) is 0.647. The fourth-order valence-corrected chi connectivity index (χ4v) is 2.12. The monoisotopic (exact) mass is 274 g/mol. The molecule has 110 valence electrons. The van der Waals surface area contributed by atoms with E-state index in [1.54, 1.807) is 14.0 Å². The average molecular weight is 274 g/mol. The van der Waals surface area contributed by atoms with Gasteiger partial charge in [0.15, 0.2) is 0 Å². The van der Waals surface area contributed by atoms with Crippen molar-refractivity contribution in [3.63, 3.8) is 0 Å². The van der Waals surface area contributed by atoms with Crippen molar-refractivity contribution in [1.29, 1.82) is 0 Å². The molecule has 1 aliphatic heterocycles. The van der Waals surface area contributed by atoms with Crippen molar-refractivity contribution in [2.24, 2.45) is 0 Å². The van der Waals surface area contributed by atoms with Crippen LogP contribution in [0.4, 0.5) is 0 Å². The zero-order valence-corrected chi connectivity index (χ0v) is 11.9. The lowest BCUT2D eigenvalue weighted by Crippen LogP contribution is -2.40. The fourth-order valence-electron chi connectivity index (χ4n) is 2.12. The van der Waals surface area contributed by atoms with Gasteiger partial charge in [-0.2, -0.15) is 0 Å². The lowest BCUT2D eigenvalue weighted by atomic mass is 10.1. The average Bonchev–Trinajstić information content (AvgIpc) is 2.73. The van der Waals surface area contributed by atoms with Crippen LogP contribution in [-0.4, -0.2) is 50.1 Å². The molecule has 6 nitrogen and oxygen atoms in total. The van der Waals surface area contributed by atoms with E-state index in [9.17, 15) is 9.59 Å². The van der Waals surface area contributed by atoms with E-state index in [1.165, 1.54) is 6.92 Å². The Labute approximate surface area is 113 Å². The molecule has 4 unspecified atom stereocenters. The largest absolute Gasteiger partial charge is 0.460 e. The van der Waals surface area contributed by atoms with Gasteiger partial charge in [0.1, 0.15) is 18.3 Å². The zero-order chi connectivity index (χ0) is 14.4. The molecule has 1 fully saturated rings. The summed E-state index contributed by atoms with van der Waals surface area (Å²) >= 11 is 0. The van der Waals surface area contributed by atoms with E-state index in [4.69, 9.17) is 18.9 Å². The van der Waals surface area contributed by atoms with Gasteiger partial charge < -0.3 is 18.9 Å². The number of hydrogen-bond acceptors (Lipinski definition) is 6. The molecule has 0 aromatic heterocycles. The van der Waals surface area contributed by atoms with Crippen molar-refractivity contribution < 1.29 is 28.5 Å². The molecular formula is C13H22O6. The van der Waals surface area contributed by atoms with Gasteiger partial charge in [-0.15, -0.1) is 0 Å². The first-order chi connectivity index (χ1) is 8.93. The van der Waals surface area contributed by atoms with Crippen LogP contribution in [0.15, 0.2) is 0 Å². The van der Waals surface area contributed by atoms with Crippen LogP contribution in [-0.2, 0) is 28.5 Å². The van der Waals surface area contributed by atoms with Gasteiger partial charge in [-0.05, 0) is 20.3 Å². The van der Waals surface area contributed by atoms with Crippen LogP contribution in [0.1, 0.15) is 33.6 Å². The number of methoxy groups -OCH3 is 1. The smallest absolute Gasteiger partial charge is 0.306 e. The van der Waals surface area contributed by atoms with Gasteiger partial charge in [0.05, 0.1) is 12.7 Å². The maximum Gasteiger partial charge on any atom is 0.306 e. The lowest BCUT2D eigenvalue weighted by molar-refractivity contribution is -0.160. The Bertz CT molecular complexity index is 316. The molecule has 0 spiro atoms. The third kappa shape index (κ3) is 5.16. The molecule has 0 amide bonds. The summed E-state index contributed by atoms with van der Waals surface area (Å²) in [5.74, 6) is -0.538. The van der Waals surface area contributed by atoms with E-state index < -0.39 is 0 Å². The summed E-state index contributed by atoms with van der Waals surface area (Å²) in [4.78, 5) is 21.9. The second-order valence-corrected chi connectivity index (χ2v) is 4.73. The second-order valence-electron chi connectivity index (χ2n) is 4.73. The predicted molar refractivity (Wildman–Crippen MR) is 66.6 cm³/mol. The third-order valence-electron chi connectivity index (χ3n) is 2.98. The Morgan fingerprint density at radius 2 is 2.16 bits per heavy atom. The van der Waals surface area contributed by atoms with Crippen molar-refractivity contribution in [3.8, 4) is 0 Å². The van der Waals surface area contributed by atoms with E-state index >= 15 is 0 Å². The number of carbonyl (C=O) groups is 2. The molecule has 0 saturated carbocycles. The summed E-state index contributed by atoms with van der Waals surface area (Å²) < 4.78 is 21.1. The van der Waals surface area contributed by atoms with Crippen LogP contribution in [0.3, 0.4) is 0 Å². The maximum absolute atomic E-state index is 11.1. The molecule has 0 N–H and O–H groups in total. The zero-order valence-electron chi connectivity index (χ0n) is 11.9. The first-order valence-corrected chi connectivity index (χ1v) is 6.45. The Hall–Kier alpha value is -1.14. The Morgan fingerprint density at radius 3 is 2.63 bits per heavy atom. The molecule has 6 heteroatoms. The standard InChI is InChI=1S/C13H22O6/c1-8(18-10(3)14)7-17-9(2)13(16-4)11-5-6-12(15)19-11/h8-9,11,13H,5-7H2,1-4H3. The molecule has 1 heterocycles. The summed E-state index contributed by atoms with van der Waals surface area (Å²) in [5.41, 5.74) is 0. The highest BCUT2D eigenvalue weighted by Gasteiger charge is 2.35. The minimum absolute atomic E-state index is 0.201. The highest BCUT2D eigenvalue weighted by molar-refractivity contribution is 5.71. The van der Waals surface area contributed by atoms with Gasteiger partial charge in [0, 0.05) is 20.5 Å². The molecule has 19 heavy (non-hydrogen) atoms. The number of ether oxygens (including phenoxy) is 4. The summed E-state index contributed by atoms with van der Waals surface area (Å²) in [5, 5.41) is 0. The molecule has 0 radical (unpaired) electrons. The molecule has 0 bridgehead atoms. The van der Waals surface area contributed by atoms with Gasteiger partial charge in [-0.1, -0.05) is 0 Å². The first-order valence-electron chi connectivity index (χ1n) is 6.45. The Kier molecular flexibility index (Phi) is 6.24. The van der Waals surface area contributed by atoms with Crippen molar-refractivity contribution in [2.45, 2.75) is 58.0 Å². The van der Waals surface area contributed by atoms with Crippen LogP contribution in [0.25, 0.3) is 0 Å². The number of rotatable bonds is 7. The molecular weight excluding hydrogens is 252 g/mol. The number of hydrogen-bond donors (Lipinski definition) is 0. The Morgan fingerprint density at radius 1 is 1.47 bits per heavy atom. The van der Waals surface area contributed by atoms with Gasteiger partial charge in [-0.25, -0.2) is 0 Å². The van der Waals surface area contributed by atoms with Crippen LogP contribution in [0, 0.1) is 0 Å². The van der Waals surface area contributed by atoms with E-state index in [0.717, 1.165) is 0 Å². The first kappa shape index (κ1) is 15.9. The van der Waals surface area contributed by atoms with Crippen LogP contribution < -0.4 is 0 Å². The van der Waals surface area contributed by atoms with E-state index in [-0.39, 0.29) is 43.0 Å². The lowest BCUT2D eigenvalue weighted by Gasteiger charge is -2.27. The summed E-state index contributed by atoms with van der Waals surface area (Å²) in [7, 11) is 1.56. The maximum atomic E-state index is 11.1. The summed E-state index contributed by atoms with van der Waals surface area (Å²) in [6.45, 7) is 5.24. The van der Waals surface area contributed by atoms with Crippen molar-refractivity contribution in [2.75, 3.05) is 13.7 Å². The Balaban J connectivity index is 2.39. The number of esters is 2. The van der Waals surface area contributed by atoms with Crippen molar-refractivity contribution in [3.05, 3.63) is 0 Å². The van der Waals surface area contributed by atoms with Gasteiger partial charge >= 0.3 is 11.9 Å². The van der Waals surface area contributed by atoms with E-state index in [0.29, 0.717) is 12.8 Å². The second kappa shape index (κ2) is 7.45. The van der Waals surface area contributed by atoms with Gasteiger partial charge in [-0.3, -0.25) is 9.59 Å². The SMILES string of the molecule is COC(C(C)OCC(C)OC(C)=O)C1CCC(=O)O1. The van der Waals surface area contributed by atoms with Gasteiger partial charge in [0.2, 0.25) is 0 Å². The number of cyclic esters (lactones) is 1. The molecule has 0 aliphatic carbocycles. The molecule has 4 atom stereocenters. The predicted octanol–water partition coefficient (Wildman–Crippen LogP) is 1.06. The normalized spacial score (nSPS) is 23.6. The topological polar surface area (TPSA) is 71.1 Å². The van der Waals surface area contributed by atoms with Crippen LogP contribution in [0.2, 0.25) is 0 Å². The van der Waals surface area contributed by atoms with Crippen molar-refractivity contribution in [1.82, 2.24) is 0 Å². The minimum Gasteiger partial charge on any atom is -0.460 e. The third-order valence-corrected chi connectivity index (χ3v) is 2.98. The van der Waals surface area contributed by atoms with E-state index in [2.05, 4.69) is 0 Å². The highest BCUT2D eigenvalue weighted by atomic mass is 16.6. The van der Waals surface area contributed by atoms with Gasteiger partial charge in [0.25, 0.3) is 0 Å². The molecule has 1 rings (SSSR count). The summed E-state index contributed by atoms with van der Waals surface area (Å²) in [6.07, 6.45) is -0.0824. The van der Waals surface area contributed by atoms with Crippen LogP contribution in [0.5, 0.6) is 0 Å². The summed E-state index contributed by atoms with van der Waals surface area (Å²) in [6, 6.07) is 0.